The maximum atomic E-state index is 2.58. The van der Waals surface area contributed by atoms with E-state index in [2.05, 4.69) is 94.1 Å². The van der Waals surface area contributed by atoms with Gasteiger partial charge in [-0.2, -0.15) is 0 Å². The largest absolute Gasteiger partial charge is 0.369 e. The molecule has 2 heterocycles. The molecule has 0 atom stereocenters. The van der Waals surface area contributed by atoms with E-state index in [0.29, 0.717) is 0 Å². The number of fused-ring (bicyclic) bond motifs is 3. The Morgan fingerprint density at radius 1 is 0.714 bits per heavy atom. The minimum absolute atomic E-state index is 1.00. The average Bonchev–Trinajstić information content (AvgIpc) is 3.08. The van der Waals surface area contributed by atoms with Crippen molar-refractivity contribution in [2.45, 2.75) is 20.0 Å². The number of hydrogen-bond donors (Lipinski definition) is 0. The first-order valence-electron chi connectivity index (χ1n) is 10.4. The van der Waals surface area contributed by atoms with Crippen molar-refractivity contribution in [3.05, 3.63) is 78.4 Å². The summed E-state index contributed by atoms with van der Waals surface area (Å²) in [7, 11) is 0. The van der Waals surface area contributed by atoms with Crippen molar-refractivity contribution in [1.29, 1.82) is 0 Å². The van der Waals surface area contributed by atoms with E-state index in [4.69, 9.17) is 0 Å². The summed E-state index contributed by atoms with van der Waals surface area (Å²) in [6, 6.07) is 26.6. The van der Waals surface area contributed by atoms with Gasteiger partial charge in [-0.3, -0.25) is 4.90 Å². The minimum atomic E-state index is 1.00. The van der Waals surface area contributed by atoms with E-state index in [1.807, 2.05) is 0 Å². The molecule has 4 aromatic rings. The van der Waals surface area contributed by atoms with Crippen molar-refractivity contribution in [2.24, 2.45) is 0 Å². The molecule has 0 spiro atoms. The number of aromatic nitrogens is 1. The van der Waals surface area contributed by atoms with Gasteiger partial charge in [0.2, 0.25) is 0 Å². The molecule has 1 aliphatic heterocycles. The molecule has 28 heavy (non-hydrogen) atoms. The van der Waals surface area contributed by atoms with Crippen LogP contribution in [0, 0.1) is 0 Å². The lowest BCUT2D eigenvalue weighted by atomic mass is 10.1. The molecular formula is C25H27N3. The second-order valence-electron chi connectivity index (χ2n) is 7.71. The summed E-state index contributed by atoms with van der Waals surface area (Å²) in [5, 5.41) is 2.76. The molecule has 0 bridgehead atoms. The van der Waals surface area contributed by atoms with Crippen LogP contribution in [-0.2, 0) is 13.1 Å². The highest BCUT2D eigenvalue weighted by Crippen LogP contribution is 2.30. The van der Waals surface area contributed by atoms with E-state index in [1.165, 1.54) is 33.1 Å². The molecule has 1 aromatic heterocycles. The molecule has 3 heteroatoms. The fraction of sp³-hybridized carbons (Fsp3) is 0.280. The van der Waals surface area contributed by atoms with Gasteiger partial charge >= 0.3 is 0 Å². The third-order valence-electron chi connectivity index (χ3n) is 6.05. The fourth-order valence-electron chi connectivity index (χ4n) is 4.60. The van der Waals surface area contributed by atoms with Gasteiger partial charge in [0.25, 0.3) is 0 Å². The number of benzene rings is 3. The normalized spacial score (nSPS) is 15.5. The van der Waals surface area contributed by atoms with Gasteiger partial charge in [0.1, 0.15) is 0 Å². The standard InChI is InChI=1S/C25H27N3/c1-2-28-24-11-7-6-10-22(24)23-18-20(12-13-25(23)28)19-26-14-16-27(17-15-26)21-8-4-3-5-9-21/h3-13,18H,2,14-17,19H2,1H3. The average molecular weight is 370 g/mol. The zero-order valence-electron chi connectivity index (χ0n) is 16.5. The monoisotopic (exact) mass is 369 g/mol. The van der Waals surface area contributed by atoms with Crippen LogP contribution in [0.5, 0.6) is 0 Å². The first kappa shape index (κ1) is 17.3. The molecule has 5 rings (SSSR count). The highest BCUT2D eigenvalue weighted by Gasteiger charge is 2.18. The Labute approximate surface area is 166 Å². The Hall–Kier alpha value is -2.78. The van der Waals surface area contributed by atoms with Gasteiger partial charge in [0.15, 0.2) is 0 Å². The number of anilines is 1. The molecule has 0 saturated carbocycles. The first-order valence-corrected chi connectivity index (χ1v) is 10.4. The van der Waals surface area contributed by atoms with Crippen LogP contribution in [0.3, 0.4) is 0 Å². The van der Waals surface area contributed by atoms with Crippen molar-refractivity contribution < 1.29 is 0 Å². The Balaban J connectivity index is 1.36. The molecule has 0 N–H and O–H groups in total. The van der Waals surface area contributed by atoms with Crippen molar-refractivity contribution >= 4 is 27.5 Å². The maximum absolute atomic E-state index is 2.58. The van der Waals surface area contributed by atoms with Crippen LogP contribution in [0.25, 0.3) is 21.8 Å². The maximum Gasteiger partial charge on any atom is 0.0491 e. The van der Waals surface area contributed by atoms with Gasteiger partial charge < -0.3 is 9.47 Å². The van der Waals surface area contributed by atoms with E-state index in [9.17, 15) is 0 Å². The molecule has 3 aromatic carbocycles. The number of aryl methyl sites for hydroxylation is 1. The van der Waals surface area contributed by atoms with Crippen LogP contribution < -0.4 is 4.90 Å². The quantitative estimate of drug-likeness (QED) is 0.494. The molecule has 142 valence electrons. The summed E-state index contributed by atoms with van der Waals surface area (Å²) in [5.41, 5.74) is 5.45. The molecule has 3 nitrogen and oxygen atoms in total. The Morgan fingerprint density at radius 3 is 2.21 bits per heavy atom. The van der Waals surface area contributed by atoms with Crippen LogP contribution >= 0.6 is 0 Å². The number of hydrogen-bond acceptors (Lipinski definition) is 2. The van der Waals surface area contributed by atoms with Crippen LogP contribution in [-0.4, -0.2) is 35.6 Å². The van der Waals surface area contributed by atoms with E-state index in [-0.39, 0.29) is 0 Å². The van der Waals surface area contributed by atoms with Gasteiger partial charge in [-0.15, -0.1) is 0 Å². The molecular weight excluding hydrogens is 342 g/mol. The van der Waals surface area contributed by atoms with Crippen LogP contribution in [0.1, 0.15) is 12.5 Å². The second kappa shape index (κ2) is 7.33. The third-order valence-corrected chi connectivity index (χ3v) is 6.05. The van der Waals surface area contributed by atoms with Gasteiger partial charge in [-0.25, -0.2) is 0 Å². The molecule has 1 fully saturated rings. The van der Waals surface area contributed by atoms with Crippen molar-refractivity contribution in [3.8, 4) is 0 Å². The van der Waals surface area contributed by atoms with Gasteiger partial charge in [-0.1, -0.05) is 42.5 Å². The summed E-state index contributed by atoms with van der Waals surface area (Å²) in [4.78, 5) is 5.08. The molecule has 0 unspecified atom stereocenters. The van der Waals surface area contributed by atoms with Crippen molar-refractivity contribution in [1.82, 2.24) is 9.47 Å². The van der Waals surface area contributed by atoms with Crippen molar-refractivity contribution in [3.63, 3.8) is 0 Å². The number of para-hydroxylation sites is 2. The highest BCUT2D eigenvalue weighted by atomic mass is 15.3. The molecule has 0 radical (unpaired) electrons. The zero-order valence-corrected chi connectivity index (χ0v) is 16.5. The lowest BCUT2D eigenvalue weighted by Crippen LogP contribution is -2.45. The van der Waals surface area contributed by atoms with E-state index >= 15 is 0 Å². The summed E-state index contributed by atoms with van der Waals surface area (Å²) >= 11 is 0. The highest BCUT2D eigenvalue weighted by molar-refractivity contribution is 6.08. The lowest BCUT2D eigenvalue weighted by Gasteiger charge is -2.36. The smallest absolute Gasteiger partial charge is 0.0491 e. The first-order chi connectivity index (χ1) is 13.8. The Kier molecular flexibility index (Phi) is 4.53. The van der Waals surface area contributed by atoms with Gasteiger partial charge in [0, 0.05) is 66.8 Å². The van der Waals surface area contributed by atoms with Crippen LogP contribution in [0.2, 0.25) is 0 Å². The Morgan fingerprint density at radius 2 is 1.43 bits per heavy atom. The lowest BCUT2D eigenvalue weighted by molar-refractivity contribution is 0.250. The molecule has 1 saturated heterocycles. The molecule has 0 amide bonds. The second-order valence-corrected chi connectivity index (χ2v) is 7.71. The predicted molar refractivity (Wildman–Crippen MR) is 119 cm³/mol. The summed E-state index contributed by atoms with van der Waals surface area (Å²) in [6.45, 7) is 8.69. The number of nitrogens with zero attached hydrogens (tertiary/aromatic N) is 3. The van der Waals surface area contributed by atoms with Crippen LogP contribution in [0.15, 0.2) is 72.8 Å². The minimum Gasteiger partial charge on any atom is -0.369 e. The third kappa shape index (κ3) is 3.06. The summed E-state index contributed by atoms with van der Waals surface area (Å²) < 4.78 is 2.42. The topological polar surface area (TPSA) is 11.4 Å². The zero-order chi connectivity index (χ0) is 18.9. The van der Waals surface area contributed by atoms with Crippen molar-refractivity contribution in [2.75, 3.05) is 31.1 Å². The Bertz CT molecular complexity index is 1090. The number of rotatable bonds is 4. The van der Waals surface area contributed by atoms with Gasteiger partial charge in [0.05, 0.1) is 0 Å². The van der Waals surface area contributed by atoms with E-state index < -0.39 is 0 Å². The SMILES string of the molecule is CCn1c2ccccc2c2cc(CN3CCN(c4ccccc4)CC3)ccc21. The van der Waals surface area contributed by atoms with Gasteiger partial charge in [-0.05, 0) is 42.8 Å². The summed E-state index contributed by atoms with van der Waals surface area (Å²) in [5.74, 6) is 0. The predicted octanol–water partition coefficient (Wildman–Crippen LogP) is 5.14. The molecule has 1 aliphatic rings. The van der Waals surface area contributed by atoms with Crippen LogP contribution in [0.4, 0.5) is 5.69 Å². The number of piperazine rings is 1. The van der Waals surface area contributed by atoms with E-state index in [0.717, 1.165) is 39.3 Å². The fourth-order valence-corrected chi connectivity index (χ4v) is 4.60. The van der Waals surface area contributed by atoms with E-state index in [1.54, 1.807) is 0 Å². The summed E-state index contributed by atoms with van der Waals surface area (Å²) in [6.07, 6.45) is 0. The molecule has 0 aliphatic carbocycles.